The van der Waals surface area contributed by atoms with Gasteiger partial charge in [-0.3, -0.25) is 9.59 Å². The lowest BCUT2D eigenvalue weighted by atomic mass is 9.74. The number of aryl methyl sites for hydroxylation is 1. The van der Waals surface area contributed by atoms with E-state index in [9.17, 15) is 14.0 Å². The number of ketones is 2. The maximum Gasteiger partial charge on any atom is 0.150 e. The highest BCUT2D eigenvalue weighted by atomic mass is 35.5. The maximum atomic E-state index is 14.4. The molecule has 2 bridgehead atoms. The minimum Gasteiger partial charge on any atom is -0.298 e. The number of fused-ring (bicyclic) bond motifs is 2. The predicted molar refractivity (Wildman–Crippen MR) is 95.2 cm³/mol. The van der Waals surface area contributed by atoms with Crippen molar-refractivity contribution in [2.75, 3.05) is 0 Å². The lowest BCUT2D eigenvalue weighted by Crippen LogP contribution is -2.35. The first kappa shape index (κ1) is 16.5. The Morgan fingerprint density at radius 1 is 1.04 bits per heavy atom. The van der Waals surface area contributed by atoms with E-state index in [1.165, 1.54) is 6.07 Å². The second kappa shape index (κ2) is 6.06. The fraction of sp³-hybridized carbons (Fsp3) is 0.333. The first-order chi connectivity index (χ1) is 12.0. The second-order valence-electron chi connectivity index (χ2n) is 7.12. The van der Waals surface area contributed by atoms with Crippen molar-refractivity contribution in [3.05, 3.63) is 58.4 Å². The Bertz CT molecular complexity index is 867. The summed E-state index contributed by atoms with van der Waals surface area (Å²) in [6.45, 7) is 1.89. The number of Topliss-reactive ketones (excluding diaryl/α,β-unsaturated/α-hetero) is 2. The van der Waals surface area contributed by atoms with E-state index in [4.69, 9.17) is 11.6 Å². The molecule has 0 saturated heterocycles. The van der Waals surface area contributed by atoms with Gasteiger partial charge in [-0.25, -0.2) is 4.39 Å². The molecular weight excluding hydrogens is 339 g/mol. The molecule has 2 saturated carbocycles. The summed E-state index contributed by atoms with van der Waals surface area (Å²) in [5.41, 5.74) is 2.62. The highest BCUT2D eigenvalue weighted by Crippen LogP contribution is 2.45. The number of halogens is 2. The van der Waals surface area contributed by atoms with Crippen LogP contribution in [0.4, 0.5) is 4.39 Å². The van der Waals surface area contributed by atoms with Crippen LogP contribution in [0.5, 0.6) is 0 Å². The molecule has 2 unspecified atom stereocenters. The van der Waals surface area contributed by atoms with Crippen LogP contribution in [0.15, 0.2) is 36.4 Å². The van der Waals surface area contributed by atoms with Crippen LogP contribution in [-0.2, 0) is 9.59 Å². The van der Waals surface area contributed by atoms with Crippen LogP contribution in [0.25, 0.3) is 11.1 Å². The van der Waals surface area contributed by atoms with E-state index in [1.54, 1.807) is 24.3 Å². The number of rotatable bonds is 2. The van der Waals surface area contributed by atoms with E-state index < -0.39 is 11.7 Å². The monoisotopic (exact) mass is 356 g/mol. The third kappa shape index (κ3) is 2.62. The Kier molecular flexibility index (Phi) is 3.99. The summed E-state index contributed by atoms with van der Waals surface area (Å²) in [6, 6.07) is 10.3. The normalized spacial score (nSPS) is 25.5. The van der Waals surface area contributed by atoms with Crippen LogP contribution in [0.3, 0.4) is 0 Å². The Balaban J connectivity index is 1.82. The molecule has 0 radical (unpaired) electrons. The van der Waals surface area contributed by atoms with Gasteiger partial charge in [0, 0.05) is 17.4 Å². The van der Waals surface area contributed by atoms with Gasteiger partial charge in [0.15, 0.2) is 11.6 Å². The molecule has 2 aromatic rings. The average molecular weight is 357 g/mol. The van der Waals surface area contributed by atoms with Crippen molar-refractivity contribution in [2.24, 2.45) is 11.8 Å². The maximum absolute atomic E-state index is 14.4. The van der Waals surface area contributed by atoms with Crippen molar-refractivity contribution in [1.82, 2.24) is 0 Å². The van der Waals surface area contributed by atoms with E-state index in [1.807, 2.05) is 13.0 Å². The fourth-order valence-electron chi connectivity index (χ4n) is 4.26. The SMILES string of the molecule is Cc1ccc(-c2cccc(Cl)c2F)cc1C1C(=O)C2CCC(C2)C1=O. The molecule has 2 aliphatic carbocycles. The molecule has 2 aliphatic rings. The van der Waals surface area contributed by atoms with Gasteiger partial charge >= 0.3 is 0 Å². The van der Waals surface area contributed by atoms with Gasteiger partial charge in [0.2, 0.25) is 0 Å². The minimum absolute atomic E-state index is 0.00124. The van der Waals surface area contributed by atoms with Crippen molar-refractivity contribution >= 4 is 23.2 Å². The Morgan fingerprint density at radius 3 is 2.40 bits per heavy atom. The van der Waals surface area contributed by atoms with Gasteiger partial charge in [-0.2, -0.15) is 0 Å². The zero-order chi connectivity index (χ0) is 17.7. The lowest BCUT2D eigenvalue weighted by molar-refractivity contribution is -0.135. The molecule has 4 rings (SSSR count). The number of benzene rings is 2. The molecule has 2 fully saturated rings. The molecule has 4 heteroatoms. The van der Waals surface area contributed by atoms with Crippen LogP contribution in [0.1, 0.15) is 36.3 Å². The minimum atomic E-state index is -0.701. The van der Waals surface area contributed by atoms with E-state index >= 15 is 0 Å². The smallest absolute Gasteiger partial charge is 0.150 e. The van der Waals surface area contributed by atoms with Crippen LogP contribution in [0.2, 0.25) is 5.02 Å². The van der Waals surface area contributed by atoms with Crippen LogP contribution in [-0.4, -0.2) is 11.6 Å². The Hall–Kier alpha value is -2.00. The second-order valence-corrected chi connectivity index (χ2v) is 7.52. The standard InChI is InChI=1S/C21H18ClFO2/c1-11-5-6-12(15-3-2-4-17(22)19(15)23)10-16(11)18-20(24)13-7-8-14(9-13)21(18)25/h2-6,10,13-14,18H,7-9H2,1H3. The molecule has 0 aliphatic heterocycles. The van der Waals surface area contributed by atoms with Crippen molar-refractivity contribution < 1.29 is 14.0 Å². The van der Waals surface area contributed by atoms with Crippen LogP contribution < -0.4 is 0 Å². The van der Waals surface area contributed by atoms with Crippen LogP contribution in [0, 0.1) is 24.6 Å². The predicted octanol–water partition coefficient (Wildman–Crippen LogP) is 5.11. The first-order valence-corrected chi connectivity index (χ1v) is 8.97. The molecule has 0 spiro atoms. The molecule has 0 heterocycles. The summed E-state index contributed by atoms with van der Waals surface area (Å²) in [7, 11) is 0. The quantitative estimate of drug-likeness (QED) is 0.701. The summed E-state index contributed by atoms with van der Waals surface area (Å²) in [6.07, 6.45) is 2.33. The number of hydrogen-bond acceptors (Lipinski definition) is 2. The van der Waals surface area contributed by atoms with Crippen molar-refractivity contribution in [3.8, 4) is 11.1 Å². The van der Waals surface area contributed by atoms with Gasteiger partial charge in [0.1, 0.15) is 11.7 Å². The molecule has 0 amide bonds. The van der Waals surface area contributed by atoms with Crippen molar-refractivity contribution in [1.29, 1.82) is 0 Å². The summed E-state index contributed by atoms with van der Waals surface area (Å²) >= 11 is 5.89. The zero-order valence-electron chi connectivity index (χ0n) is 13.9. The Labute approximate surface area is 151 Å². The Morgan fingerprint density at radius 2 is 1.72 bits per heavy atom. The van der Waals surface area contributed by atoms with Gasteiger partial charge in [-0.1, -0.05) is 35.9 Å². The molecule has 2 aromatic carbocycles. The van der Waals surface area contributed by atoms with Crippen molar-refractivity contribution in [3.63, 3.8) is 0 Å². The molecule has 25 heavy (non-hydrogen) atoms. The largest absolute Gasteiger partial charge is 0.298 e. The first-order valence-electron chi connectivity index (χ1n) is 8.59. The van der Waals surface area contributed by atoms with Gasteiger partial charge < -0.3 is 0 Å². The van der Waals surface area contributed by atoms with Gasteiger partial charge in [0.25, 0.3) is 0 Å². The molecule has 0 N–H and O–H groups in total. The highest BCUT2D eigenvalue weighted by molar-refractivity contribution is 6.31. The average Bonchev–Trinajstić information content (AvgIpc) is 3.05. The van der Waals surface area contributed by atoms with Gasteiger partial charge in [-0.05, 0) is 55.0 Å². The summed E-state index contributed by atoms with van der Waals surface area (Å²) in [5, 5.41) is 0.0579. The number of hydrogen-bond donors (Lipinski definition) is 0. The molecular formula is C21H18ClFO2. The van der Waals surface area contributed by atoms with E-state index in [0.29, 0.717) is 23.1 Å². The summed E-state index contributed by atoms with van der Waals surface area (Å²) in [4.78, 5) is 25.6. The zero-order valence-corrected chi connectivity index (χ0v) is 14.6. The molecule has 0 aromatic heterocycles. The summed E-state index contributed by atoms with van der Waals surface area (Å²) < 4.78 is 14.4. The lowest BCUT2D eigenvalue weighted by Gasteiger charge is -2.27. The fourth-order valence-corrected chi connectivity index (χ4v) is 4.44. The van der Waals surface area contributed by atoms with Crippen LogP contribution >= 0.6 is 11.6 Å². The van der Waals surface area contributed by atoms with E-state index in [2.05, 4.69) is 0 Å². The summed E-state index contributed by atoms with van der Waals surface area (Å²) in [5.74, 6) is -1.12. The highest BCUT2D eigenvalue weighted by Gasteiger charge is 2.47. The van der Waals surface area contributed by atoms with E-state index in [-0.39, 0.29) is 28.4 Å². The topological polar surface area (TPSA) is 34.1 Å². The third-order valence-corrected chi connectivity index (χ3v) is 5.95. The number of carbonyl (C=O) groups is 2. The van der Waals surface area contributed by atoms with Gasteiger partial charge in [0.05, 0.1) is 5.02 Å². The van der Waals surface area contributed by atoms with Gasteiger partial charge in [-0.15, -0.1) is 0 Å². The molecule has 128 valence electrons. The third-order valence-electron chi connectivity index (χ3n) is 5.66. The number of carbonyl (C=O) groups excluding carboxylic acids is 2. The molecule has 2 nitrogen and oxygen atoms in total. The van der Waals surface area contributed by atoms with E-state index in [0.717, 1.165) is 18.4 Å². The molecule has 2 atom stereocenters. The van der Waals surface area contributed by atoms with Crippen molar-refractivity contribution in [2.45, 2.75) is 32.1 Å².